The smallest absolute Gasteiger partial charge is 0.225 e. The SMILES string of the molecule is Cn1nc(NC(=O)CCCn2cncn2)c2c(N3CCOCC3)cccc21. The van der Waals surface area contributed by atoms with Crippen LogP contribution in [0.15, 0.2) is 30.9 Å². The fraction of sp³-hybridized carbons (Fsp3) is 0.444. The van der Waals surface area contributed by atoms with Crippen molar-refractivity contribution in [2.75, 3.05) is 36.5 Å². The molecule has 1 fully saturated rings. The number of amides is 1. The molecule has 0 bridgehead atoms. The van der Waals surface area contributed by atoms with Gasteiger partial charge in [-0.1, -0.05) is 6.07 Å². The number of hydrogen-bond donors (Lipinski definition) is 1. The van der Waals surface area contributed by atoms with E-state index >= 15 is 0 Å². The molecule has 0 atom stereocenters. The van der Waals surface area contributed by atoms with E-state index in [0.29, 0.717) is 38.4 Å². The maximum atomic E-state index is 12.4. The molecule has 27 heavy (non-hydrogen) atoms. The predicted molar refractivity (Wildman–Crippen MR) is 102 cm³/mol. The zero-order valence-electron chi connectivity index (χ0n) is 15.3. The Hall–Kier alpha value is -2.94. The average Bonchev–Trinajstić information content (AvgIpc) is 3.31. The molecule has 1 aromatic carbocycles. The van der Waals surface area contributed by atoms with Gasteiger partial charge >= 0.3 is 0 Å². The van der Waals surface area contributed by atoms with E-state index in [0.717, 1.165) is 29.7 Å². The lowest BCUT2D eigenvalue weighted by Gasteiger charge is -2.29. The molecule has 0 aliphatic carbocycles. The predicted octanol–water partition coefficient (Wildman–Crippen LogP) is 1.42. The summed E-state index contributed by atoms with van der Waals surface area (Å²) < 4.78 is 9.00. The third-order valence-corrected chi connectivity index (χ3v) is 4.72. The highest BCUT2D eigenvalue weighted by Gasteiger charge is 2.20. The van der Waals surface area contributed by atoms with Gasteiger partial charge in [0, 0.05) is 33.1 Å². The van der Waals surface area contributed by atoms with Gasteiger partial charge in [-0.3, -0.25) is 14.2 Å². The number of carbonyl (C=O) groups excluding carboxylic acids is 1. The maximum absolute atomic E-state index is 12.4. The Morgan fingerprint density at radius 3 is 2.93 bits per heavy atom. The number of aromatic nitrogens is 5. The van der Waals surface area contributed by atoms with Gasteiger partial charge in [0.05, 0.1) is 29.8 Å². The Labute approximate surface area is 156 Å². The molecule has 1 aliphatic heterocycles. The molecule has 1 N–H and O–H groups in total. The van der Waals surface area contributed by atoms with Gasteiger partial charge in [-0.05, 0) is 18.6 Å². The lowest BCUT2D eigenvalue weighted by molar-refractivity contribution is -0.116. The van der Waals surface area contributed by atoms with Crippen LogP contribution in [-0.4, -0.2) is 56.8 Å². The van der Waals surface area contributed by atoms with Crippen LogP contribution in [0.5, 0.6) is 0 Å². The van der Waals surface area contributed by atoms with Crippen LogP contribution in [0.2, 0.25) is 0 Å². The normalized spacial score (nSPS) is 14.6. The minimum absolute atomic E-state index is 0.0492. The molecular weight excluding hydrogens is 346 g/mol. The minimum Gasteiger partial charge on any atom is -0.378 e. The second kappa shape index (κ2) is 7.75. The largest absolute Gasteiger partial charge is 0.378 e. The van der Waals surface area contributed by atoms with Crippen LogP contribution < -0.4 is 10.2 Å². The summed E-state index contributed by atoms with van der Waals surface area (Å²) in [6, 6.07) is 6.13. The van der Waals surface area contributed by atoms with Gasteiger partial charge < -0.3 is 15.0 Å². The highest BCUT2D eigenvalue weighted by atomic mass is 16.5. The van der Waals surface area contributed by atoms with E-state index in [-0.39, 0.29) is 5.91 Å². The molecule has 0 radical (unpaired) electrons. The molecule has 3 aromatic rings. The van der Waals surface area contributed by atoms with Crippen LogP contribution in [0, 0.1) is 0 Å². The van der Waals surface area contributed by atoms with Crippen molar-refractivity contribution in [2.45, 2.75) is 19.4 Å². The molecule has 1 aliphatic rings. The van der Waals surface area contributed by atoms with Gasteiger partial charge in [0.2, 0.25) is 5.91 Å². The Morgan fingerprint density at radius 1 is 1.30 bits per heavy atom. The Morgan fingerprint density at radius 2 is 2.15 bits per heavy atom. The summed E-state index contributed by atoms with van der Waals surface area (Å²) in [5.74, 6) is 0.562. The number of fused-ring (bicyclic) bond motifs is 1. The minimum atomic E-state index is -0.0492. The van der Waals surface area contributed by atoms with Crippen LogP contribution in [0.25, 0.3) is 10.9 Å². The molecule has 1 saturated heterocycles. The van der Waals surface area contributed by atoms with Crippen molar-refractivity contribution in [3.05, 3.63) is 30.9 Å². The molecule has 142 valence electrons. The Bertz CT molecular complexity index is 913. The molecule has 9 nitrogen and oxygen atoms in total. The first-order valence-corrected chi connectivity index (χ1v) is 9.13. The number of nitrogens with zero attached hydrogens (tertiary/aromatic N) is 6. The molecule has 3 heterocycles. The second-order valence-corrected chi connectivity index (χ2v) is 6.55. The fourth-order valence-electron chi connectivity index (χ4n) is 3.39. The summed E-state index contributed by atoms with van der Waals surface area (Å²) in [6.45, 7) is 3.75. The Balaban J connectivity index is 1.51. The van der Waals surface area contributed by atoms with Crippen molar-refractivity contribution in [1.82, 2.24) is 24.5 Å². The van der Waals surface area contributed by atoms with Crippen molar-refractivity contribution in [3.8, 4) is 0 Å². The summed E-state index contributed by atoms with van der Waals surface area (Å²) in [7, 11) is 1.89. The van der Waals surface area contributed by atoms with Crippen molar-refractivity contribution in [3.63, 3.8) is 0 Å². The number of morpholine rings is 1. The van der Waals surface area contributed by atoms with Crippen LogP contribution in [0.4, 0.5) is 11.5 Å². The molecule has 2 aromatic heterocycles. The standard InChI is InChI=1S/C18H23N7O2/c1-23-14-4-2-5-15(24-8-10-27-11-9-24)17(14)18(22-23)21-16(26)6-3-7-25-13-19-12-20-25/h2,4-5,12-13H,3,6-11H2,1H3,(H,21,22,26). The van der Waals surface area contributed by atoms with Gasteiger partial charge in [-0.15, -0.1) is 0 Å². The Kier molecular flexibility index (Phi) is 5.01. The number of carbonyl (C=O) groups is 1. The molecule has 1 amide bonds. The van der Waals surface area contributed by atoms with Crippen LogP contribution in [0.3, 0.4) is 0 Å². The maximum Gasteiger partial charge on any atom is 0.225 e. The lowest BCUT2D eigenvalue weighted by Crippen LogP contribution is -2.36. The molecule has 0 spiro atoms. The summed E-state index contributed by atoms with van der Waals surface area (Å²) in [5, 5.41) is 12.6. The molecule has 0 unspecified atom stereocenters. The average molecular weight is 369 g/mol. The number of ether oxygens (including phenoxy) is 1. The van der Waals surface area contributed by atoms with E-state index in [9.17, 15) is 4.79 Å². The molecular formula is C18H23N7O2. The van der Waals surface area contributed by atoms with Crippen molar-refractivity contribution >= 4 is 28.3 Å². The third kappa shape index (κ3) is 3.77. The monoisotopic (exact) mass is 369 g/mol. The van der Waals surface area contributed by atoms with Crippen LogP contribution in [0.1, 0.15) is 12.8 Å². The van der Waals surface area contributed by atoms with Crippen molar-refractivity contribution < 1.29 is 9.53 Å². The quantitative estimate of drug-likeness (QED) is 0.707. The van der Waals surface area contributed by atoms with Gasteiger partial charge in [-0.25, -0.2) is 4.98 Å². The van der Waals surface area contributed by atoms with Gasteiger partial charge in [0.15, 0.2) is 5.82 Å². The second-order valence-electron chi connectivity index (χ2n) is 6.55. The van der Waals surface area contributed by atoms with E-state index in [4.69, 9.17) is 4.74 Å². The first-order valence-electron chi connectivity index (χ1n) is 9.13. The first kappa shape index (κ1) is 17.5. The van der Waals surface area contributed by atoms with E-state index < -0.39 is 0 Å². The summed E-state index contributed by atoms with van der Waals surface area (Å²) >= 11 is 0. The van der Waals surface area contributed by atoms with Gasteiger partial charge in [0.1, 0.15) is 12.7 Å². The number of aryl methyl sites for hydroxylation is 2. The number of hydrogen-bond acceptors (Lipinski definition) is 6. The number of benzene rings is 1. The summed E-state index contributed by atoms with van der Waals surface area (Å²) in [4.78, 5) is 18.6. The highest BCUT2D eigenvalue weighted by Crippen LogP contribution is 2.33. The van der Waals surface area contributed by atoms with Crippen molar-refractivity contribution in [1.29, 1.82) is 0 Å². The summed E-state index contributed by atoms with van der Waals surface area (Å²) in [5.41, 5.74) is 2.08. The fourth-order valence-corrected chi connectivity index (χ4v) is 3.39. The van der Waals surface area contributed by atoms with E-state index in [1.165, 1.54) is 6.33 Å². The molecule has 4 rings (SSSR count). The molecule has 0 saturated carbocycles. The topological polar surface area (TPSA) is 90.1 Å². The zero-order chi connectivity index (χ0) is 18.6. The zero-order valence-corrected chi connectivity index (χ0v) is 15.3. The summed E-state index contributed by atoms with van der Waals surface area (Å²) in [6.07, 6.45) is 4.24. The van der Waals surface area contributed by atoms with Gasteiger partial charge in [-0.2, -0.15) is 10.2 Å². The lowest BCUT2D eigenvalue weighted by atomic mass is 10.1. The first-order chi connectivity index (χ1) is 13.2. The highest BCUT2D eigenvalue weighted by molar-refractivity contribution is 6.06. The van der Waals surface area contributed by atoms with E-state index in [1.807, 2.05) is 23.9 Å². The van der Waals surface area contributed by atoms with E-state index in [2.05, 4.69) is 31.5 Å². The third-order valence-electron chi connectivity index (χ3n) is 4.72. The number of nitrogens with one attached hydrogen (secondary N) is 1. The van der Waals surface area contributed by atoms with Crippen LogP contribution in [-0.2, 0) is 23.1 Å². The number of anilines is 2. The number of rotatable bonds is 6. The van der Waals surface area contributed by atoms with Gasteiger partial charge in [0.25, 0.3) is 0 Å². The van der Waals surface area contributed by atoms with E-state index in [1.54, 1.807) is 11.0 Å². The molecule has 9 heteroatoms. The van der Waals surface area contributed by atoms with Crippen molar-refractivity contribution in [2.24, 2.45) is 7.05 Å². The van der Waals surface area contributed by atoms with Crippen LogP contribution >= 0.6 is 0 Å².